The van der Waals surface area contributed by atoms with Crippen molar-refractivity contribution in [1.29, 1.82) is 0 Å². The first-order valence-corrected chi connectivity index (χ1v) is 10.4. The van der Waals surface area contributed by atoms with Gasteiger partial charge in [0.1, 0.15) is 6.61 Å². The highest BCUT2D eigenvalue weighted by Gasteiger charge is 2.78. The van der Waals surface area contributed by atoms with Crippen LogP contribution in [0.25, 0.3) is 0 Å². The van der Waals surface area contributed by atoms with Gasteiger partial charge >= 0.3 is 11.9 Å². The second-order valence-corrected chi connectivity index (χ2v) is 10.3. The number of aliphatic hydroxyl groups is 1. The Morgan fingerprint density at radius 2 is 1.78 bits per heavy atom. The minimum Gasteiger partial charge on any atom is -0.465 e. The van der Waals surface area contributed by atoms with Gasteiger partial charge in [-0.05, 0) is 51.9 Å². The molecule has 2 spiro atoms. The summed E-state index contributed by atoms with van der Waals surface area (Å²) in [5.41, 5.74) is -3.55. The van der Waals surface area contributed by atoms with E-state index < -0.39 is 27.6 Å². The van der Waals surface area contributed by atoms with E-state index in [9.17, 15) is 14.7 Å². The van der Waals surface area contributed by atoms with Crippen molar-refractivity contribution in [1.82, 2.24) is 0 Å². The third kappa shape index (κ3) is 1.89. The molecule has 2 saturated carbocycles. The number of cyclic esters (lactones) is 2. The van der Waals surface area contributed by atoms with Gasteiger partial charge in [0, 0.05) is 17.8 Å². The van der Waals surface area contributed by atoms with Crippen molar-refractivity contribution in [2.75, 3.05) is 13.2 Å². The number of rotatable bonds is 0. The predicted octanol–water partition coefficient (Wildman–Crippen LogP) is 2.36. The molecule has 0 radical (unpaired) electrons. The van der Waals surface area contributed by atoms with Crippen LogP contribution in [0.3, 0.4) is 0 Å². The van der Waals surface area contributed by atoms with E-state index in [1.165, 1.54) is 0 Å². The summed E-state index contributed by atoms with van der Waals surface area (Å²) >= 11 is 0. The molecule has 0 aromatic heterocycles. The van der Waals surface area contributed by atoms with Crippen LogP contribution in [0.1, 0.15) is 65.7 Å². The Morgan fingerprint density at radius 3 is 2.48 bits per heavy atom. The molecule has 3 aliphatic heterocycles. The summed E-state index contributed by atoms with van der Waals surface area (Å²) in [6.07, 6.45) is 5.05. The molecular weight excluding hydrogens is 348 g/mol. The summed E-state index contributed by atoms with van der Waals surface area (Å²) in [7, 11) is 0. The summed E-state index contributed by atoms with van der Waals surface area (Å²) in [5.74, 6) is -0.601. The van der Waals surface area contributed by atoms with Crippen LogP contribution in [0.15, 0.2) is 0 Å². The molecule has 2 bridgehead atoms. The molecule has 1 N–H and O–H groups in total. The molecule has 5 aliphatic rings. The summed E-state index contributed by atoms with van der Waals surface area (Å²) < 4.78 is 17.9. The van der Waals surface area contributed by atoms with E-state index in [0.717, 1.165) is 25.7 Å². The summed E-state index contributed by atoms with van der Waals surface area (Å²) in [5, 5.41) is 11.5. The number of carbonyl (C=O) groups excluding carboxylic acids is 2. The Balaban J connectivity index is 1.67. The number of hydrogen-bond donors (Lipinski definition) is 1. The summed E-state index contributed by atoms with van der Waals surface area (Å²) in [4.78, 5) is 25.3. The molecule has 7 atom stereocenters. The summed E-state index contributed by atoms with van der Waals surface area (Å²) in [6, 6.07) is 0. The lowest BCUT2D eigenvalue weighted by Gasteiger charge is -2.69. The van der Waals surface area contributed by atoms with Gasteiger partial charge < -0.3 is 19.3 Å². The van der Waals surface area contributed by atoms with Crippen LogP contribution in [0.2, 0.25) is 0 Å². The highest BCUT2D eigenvalue weighted by molar-refractivity contribution is 5.82. The number of ether oxygens (including phenoxy) is 3. The number of esters is 2. The summed E-state index contributed by atoms with van der Waals surface area (Å²) in [6.45, 7) is 6.65. The van der Waals surface area contributed by atoms with Gasteiger partial charge in [-0.3, -0.25) is 4.79 Å². The van der Waals surface area contributed by atoms with E-state index in [-0.39, 0.29) is 30.4 Å². The predicted molar refractivity (Wildman–Crippen MR) is 94.6 cm³/mol. The van der Waals surface area contributed by atoms with Gasteiger partial charge in [0.05, 0.1) is 23.2 Å². The second-order valence-electron chi connectivity index (χ2n) is 10.3. The van der Waals surface area contributed by atoms with Gasteiger partial charge in [-0.15, -0.1) is 0 Å². The first-order valence-electron chi connectivity index (χ1n) is 10.4. The zero-order valence-corrected chi connectivity index (χ0v) is 16.5. The molecule has 27 heavy (non-hydrogen) atoms. The van der Waals surface area contributed by atoms with Gasteiger partial charge in [-0.25, -0.2) is 4.79 Å². The lowest BCUT2D eigenvalue weighted by molar-refractivity contribution is -0.321. The average Bonchev–Trinajstić information content (AvgIpc) is 3.15. The van der Waals surface area contributed by atoms with E-state index in [1.54, 1.807) is 0 Å². The highest BCUT2D eigenvalue weighted by atomic mass is 16.6. The molecule has 5 fully saturated rings. The van der Waals surface area contributed by atoms with E-state index >= 15 is 0 Å². The van der Waals surface area contributed by atoms with E-state index in [1.807, 2.05) is 13.8 Å². The SMILES string of the molecule is C[C@@H]1C[C@@](C)(O)[C@H]2[C@]3(CCC[C@]2(C)C(=O)OC3)[C@@]12CC[C@]1(CCOC1=O)O2. The first-order chi connectivity index (χ1) is 12.6. The van der Waals surface area contributed by atoms with Crippen LogP contribution in [0.4, 0.5) is 0 Å². The lowest BCUT2D eigenvalue weighted by atomic mass is 9.39. The molecular formula is C21H30O6. The molecule has 150 valence electrons. The molecule has 5 rings (SSSR count). The lowest BCUT2D eigenvalue weighted by Crippen LogP contribution is -2.76. The maximum Gasteiger partial charge on any atom is 0.338 e. The van der Waals surface area contributed by atoms with Gasteiger partial charge in [-0.2, -0.15) is 0 Å². The fourth-order valence-electron chi connectivity index (χ4n) is 8.05. The Morgan fingerprint density at radius 1 is 1.00 bits per heavy atom. The smallest absolute Gasteiger partial charge is 0.338 e. The molecule has 0 unspecified atom stereocenters. The molecule has 6 nitrogen and oxygen atoms in total. The van der Waals surface area contributed by atoms with Crippen molar-refractivity contribution in [2.24, 2.45) is 22.7 Å². The Bertz CT molecular complexity index is 717. The fraction of sp³-hybridized carbons (Fsp3) is 0.905. The fourth-order valence-corrected chi connectivity index (χ4v) is 8.05. The zero-order chi connectivity index (χ0) is 19.3. The standard InChI is InChI=1S/C21H30O6/c1-13-11-18(3,24)14-17(2)5-4-6-19(14,12-26-15(17)22)21(13)8-7-20(27-21)9-10-25-16(20)23/h13-14,24H,4-12H2,1-3H3/t13-,14+,17+,18-,19-,20-,21-/m1/s1. The van der Waals surface area contributed by atoms with Crippen molar-refractivity contribution in [2.45, 2.75) is 82.5 Å². The molecule has 6 heteroatoms. The van der Waals surface area contributed by atoms with Crippen LogP contribution in [0.5, 0.6) is 0 Å². The minimum absolute atomic E-state index is 0.0654. The Kier molecular flexibility index (Phi) is 3.36. The molecule has 2 aliphatic carbocycles. The zero-order valence-electron chi connectivity index (χ0n) is 16.5. The van der Waals surface area contributed by atoms with Crippen LogP contribution in [0, 0.1) is 22.7 Å². The molecule has 3 heterocycles. The minimum atomic E-state index is -0.964. The Hall–Kier alpha value is -1.14. The van der Waals surface area contributed by atoms with Crippen molar-refractivity contribution in [3.63, 3.8) is 0 Å². The quantitative estimate of drug-likeness (QED) is 0.652. The van der Waals surface area contributed by atoms with Crippen molar-refractivity contribution < 1.29 is 28.9 Å². The Labute approximate surface area is 159 Å². The van der Waals surface area contributed by atoms with E-state index in [0.29, 0.717) is 25.9 Å². The van der Waals surface area contributed by atoms with E-state index in [2.05, 4.69) is 6.92 Å². The monoisotopic (exact) mass is 378 g/mol. The van der Waals surface area contributed by atoms with Crippen molar-refractivity contribution >= 4 is 11.9 Å². The average molecular weight is 378 g/mol. The van der Waals surface area contributed by atoms with Gasteiger partial charge in [-0.1, -0.05) is 13.3 Å². The number of hydrogen-bond acceptors (Lipinski definition) is 6. The maximum absolute atomic E-state index is 12.8. The van der Waals surface area contributed by atoms with Crippen molar-refractivity contribution in [3.05, 3.63) is 0 Å². The second kappa shape index (κ2) is 5.07. The molecule has 0 aromatic carbocycles. The van der Waals surface area contributed by atoms with E-state index in [4.69, 9.17) is 14.2 Å². The molecule has 0 amide bonds. The highest BCUT2D eigenvalue weighted by Crippen LogP contribution is 2.72. The van der Waals surface area contributed by atoms with Crippen LogP contribution >= 0.6 is 0 Å². The van der Waals surface area contributed by atoms with Gasteiger partial charge in [0.15, 0.2) is 5.60 Å². The van der Waals surface area contributed by atoms with Gasteiger partial charge in [0.25, 0.3) is 0 Å². The maximum atomic E-state index is 12.8. The van der Waals surface area contributed by atoms with Crippen LogP contribution in [-0.4, -0.2) is 47.1 Å². The molecule has 3 saturated heterocycles. The topological polar surface area (TPSA) is 82.1 Å². The van der Waals surface area contributed by atoms with Crippen LogP contribution < -0.4 is 0 Å². The van der Waals surface area contributed by atoms with Crippen molar-refractivity contribution in [3.8, 4) is 0 Å². The normalized spacial score (nSPS) is 56.9. The molecule has 0 aromatic rings. The first kappa shape index (κ1) is 17.9. The van der Waals surface area contributed by atoms with Gasteiger partial charge in [0.2, 0.25) is 0 Å². The third-order valence-corrected chi connectivity index (χ3v) is 8.80. The largest absolute Gasteiger partial charge is 0.465 e. The number of carbonyl (C=O) groups is 2. The van der Waals surface area contributed by atoms with Crippen LogP contribution in [-0.2, 0) is 23.8 Å². The third-order valence-electron chi connectivity index (χ3n) is 8.80.